The largest absolute Gasteiger partial charge is 0.270 e. The molecule has 0 spiro atoms. The first kappa shape index (κ1) is 14.1. The van der Waals surface area contributed by atoms with Gasteiger partial charge in [-0.25, -0.2) is 8.42 Å². The Bertz CT molecular complexity index is 742. The molecule has 0 N–H and O–H groups in total. The molecule has 3 rings (SSSR count). The predicted molar refractivity (Wildman–Crippen MR) is 84.8 cm³/mol. The SMILES string of the molecule is CCCS(=O)(=O)N1CCc2cc(-c3ccncc3)ccc21. The molecule has 1 aromatic heterocycles. The van der Waals surface area contributed by atoms with Crippen molar-refractivity contribution in [2.24, 2.45) is 0 Å². The highest BCUT2D eigenvalue weighted by Gasteiger charge is 2.28. The van der Waals surface area contributed by atoms with Gasteiger partial charge in [0.1, 0.15) is 0 Å². The molecule has 110 valence electrons. The number of aromatic nitrogens is 1. The van der Waals surface area contributed by atoms with Crippen LogP contribution in [0.2, 0.25) is 0 Å². The third-order valence-corrected chi connectivity index (χ3v) is 5.72. The Labute approximate surface area is 125 Å². The van der Waals surface area contributed by atoms with Crippen LogP contribution in [0.25, 0.3) is 11.1 Å². The Balaban J connectivity index is 1.96. The van der Waals surface area contributed by atoms with E-state index in [-0.39, 0.29) is 5.75 Å². The lowest BCUT2D eigenvalue weighted by molar-refractivity contribution is 0.591. The van der Waals surface area contributed by atoms with Crippen LogP contribution in [0.4, 0.5) is 5.69 Å². The first-order chi connectivity index (χ1) is 10.1. The van der Waals surface area contributed by atoms with Crippen molar-refractivity contribution in [3.05, 3.63) is 48.3 Å². The number of pyridine rings is 1. The maximum atomic E-state index is 12.3. The van der Waals surface area contributed by atoms with E-state index in [1.807, 2.05) is 31.2 Å². The van der Waals surface area contributed by atoms with Crippen LogP contribution in [0.15, 0.2) is 42.7 Å². The van der Waals surface area contributed by atoms with E-state index in [4.69, 9.17) is 0 Å². The summed E-state index contributed by atoms with van der Waals surface area (Å²) in [6.45, 7) is 2.44. The number of hydrogen-bond acceptors (Lipinski definition) is 3. The summed E-state index contributed by atoms with van der Waals surface area (Å²) in [6, 6.07) is 9.91. The average molecular weight is 302 g/mol. The second kappa shape index (κ2) is 5.48. The number of benzene rings is 1. The highest BCUT2D eigenvalue weighted by molar-refractivity contribution is 7.92. The normalized spacial score (nSPS) is 14.2. The van der Waals surface area contributed by atoms with Crippen LogP contribution < -0.4 is 4.31 Å². The molecule has 0 aliphatic carbocycles. The minimum atomic E-state index is -3.18. The third kappa shape index (κ3) is 2.65. The number of nitrogens with zero attached hydrogens (tertiary/aromatic N) is 2. The molecule has 5 heteroatoms. The van der Waals surface area contributed by atoms with Gasteiger partial charge in [0, 0.05) is 18.9 Å². The molecule has 1 aliphatic rings. The summed E-state index contributed by atoms with van der Waals surface area (Å²) in [5.74, 6) is 0.207. The predicted octanol–water partition coefficient (Wildman–Crippen LogP) is 2.85. The van der Waals surface area contributed by atoms with Crippen LogP contribution in [-0.4, -0.2) is 25.7 Å². The Morgan fingerprint density at radius 2 is 1.90 bits per heavy atom. The number of hydrogen-bond donors (Lipinski definition) is 0. The third-order valence-electron chi connectivity index (χ3n) is 3.74. The Morgan fingerprint density at radius 3 is 2.62 bits per heavy atom. The van der Waals surface area contributed by atoms with Gasteiger partial charge in [0.25, 0.3) is 0 Å². The summed E-state index contributed by atoms with van der Waals surface area (Å²) < 4.78 is 26.1. The van der Waals surface area contributed by atoms with Gasteiger partial charge in [-0.2, -0.15) is 0 Å². The van der Waals surface area contributed by atoms with Crippen LogP contribution in [0.5, 0.6) is 0 Å². The number of anilines is 1. The van der Waals surface area contributed by atoms with E-state index in [9.17, 15) is 8.42 Å². The van der Waals surface area contributed by atoms with Crippen molar-refractivity contribution in [2.45, 2.75) is 19.8 Å². The summed E-state index contributed by atoms with van der Waals surface area (Å²) in [4.78, 5) is 4.02. The van der Waals surface area contributed by atoms with Crippen LogP contribution in [0, 0.1) is 0 Å². The Morgan fingerprint density at radius 1 is 1.14 bits per heavy atom. The van der Waals surface area contributed by atoms with Gasteiger partial charge in [0.2, 0.25) is 10.0 Å². The molecule has 0 atom stereocenters. The molecular formula is C16H18N2O2S. The second-order valence-electron chi connectivity index (χ2n) is 5.22. The lowest BCUT2D eigenvalue weighted by Gasteiger charge is -2.19. The molecule has 0 saturated carbocycles. The average Bonchev–Trinajstić information content (AvgIpc) is 2.92. The molecule has 2 aromatic rings. The topological polar surface area (TPSA) is 50.3 Å². The van der Waals surface area contributed by atoms with Crippen molar-refractivity contribution < 1.29 is 8.42 Å². The zero-order valence-corrected chi connectivity index (χ0v) is 12.8. The second-order valence-corrected chi connectivity index (χ2v) is 7.23. The summed E-state index contributed by atoms with van der Waals surface area (Å²) in [5.41, 5.74) is 4.14. The van der Waals surface area contributed by atoms with Gasteiger partial charge in [-0.1, -0.05) is 13.0 Å². The first-order valence-corrected chi connectivity index (χ1v) is 8.76. The monoisotopic (exact) mass is 302 g/mol. The van der Waals surface area contributed by atoms with Crippen molar-refractivity contribution >= 4 is 15.7 Å². The lowest BCUT2D eigenvalue weighted by atomic mass is 10.0. The highest BCUT2D eigenvalue weighted by Crippen LogP contribution is 2.34. The maximum Gasteiger partial charge on any atom is 0.235 e. The van der Waals surface area contributed by atoms with Gasteiger partial charge in [0.05, 0.1) is 11.4 Å². The van der Waals surface area contributed by atoms with Crippen LogP contribution in [0.1, 0.15) is 18.9 Å². The van der Waals surface area contributed by atoms with Crippen LogP contribution >= 0.6 is 0 Å². The van der Waals surface area contributed by atoms with Crippen LogP contribution in [-0.2, 0) is 16.4 Å². The minimum absolute atomic E-state index is 0.207. The van der Waals surface area contributed by atoms with E-state index in [0.29, 0.717) is 13.0 Å². The van der Waals surface area contributed by atoms with E-state index in [1.54, 1.807) is 16.7 Å². The van der Waals surface area contributed by atoms with Gasteiger partial charge in [-0.3, -0.25) is 9.29 Å². The zero-order chi connectivity index (χ0) is 14.9. The molecule has 0 radical (unpaired) electrons. The summed E-state index contributed by atoms with van der Waals surface area (Å²) in [7, 11) is -3.18. The highest BCUT2D eigenvalue weighted by atomic mass is 32.2. The summed E-state index contributed by atoms with van der Waals surface area (Å²) in [6.07, 6.45) is 4.95. The van der Waals surface area contributed by atoms with Crippen LogP contribution in [0.3, 0.4) is 0 Å². The van der Waals surface area contributed by atoms with Crippen molar-refractivity contribution in [2.75, 3.05) is 16.6 Å². The van der Waals surface area contributed by atoms with E-state index >= 15 is 0 Å². The van der Waals surface area contributed by atoms with E-state index in [0.717, 1.165) is 28.8 Å². The standard InChI is InChI=1S/C16H18N2O2S/c1-2-11-21(19,20)18-10-7-15-12-14(3-4-16(15)18)13-5-8-17-9-6-13/h3-6,8-9,12H,2,7,10-11H2,1H3. The van der Waals surface area contributed by atoms with Gasteiger partial charge in [0.15, 0.2) is 0 Å². The Hall–Kier alpha value is -1.88. The van der Waals surface area contributed by atoms with Crippen molar-refractivity contribution in [3.63, 3.8) is 0 Å². The smallest absolute Gasteiger partial charge is 0.235 e. The van der Waals surface area contributed by atoms with E-state index in [2.05, 4.69) is 11.1 Å². The summed E-state index contributed by atoms with van der Waals surface area (Å²) >= 11 is 0. The number of fused-ring (bicyclic) bond motifs is 1. The molecule has 1 aromatic carbocycles. The minimum Gasteiger partial charge on any atom is -0.270 e. The molecule has 0 amide bonds. The van der Waals surface area contributed by atoms with E-state index < -0.39 is 10.0 Å². The van der Waals surface area contributed by atoms with Gasteiger partial charge < -0.3 is 0 Å². The molecule has 0 saturated heterocycles. The Kier molecular flexibility index (Phi) is 3.68. The zero-order valence-electron chi connectivity index (χ0n) is 12.0. The molecule has 4 nitrogen and oxygen atoms in total. The van der Waals surface area contributed by atoms with Crippen molar-refractivity contribution in [3.8, 4) is 11.1 Å². The van der Waals surface area contributed by atoms with Crippen molar-refractivity contribution in [1.29, 1.82) is 0 Å². The molecule has 1 aliphatic heterocycles. The fourth-order valence-electron chi connectivity index (χ4n) is 2.75. The van der Waals surface area contributed by atoms with E-state index in [1.165, 1.54) is 0 Å². The first-order valence-electron chi connectivity index (χ1n) is 7.15. The fraction of sp³-hybridized carbons (Fsp3) is 0.312. The molecule has 21 heavy (non-hydrogen) atoms. The number of rotatable bonds is 4. The maximum absolute atomic E-state index is 12.3. The van der Waals surface area contributed by atoms with Gasteiger partial charge in [-0.05, 0) is 53.8 Å². The molecule has 0 fully saturated rings. The fourth-order valence-corrected chi connectivity index (χ4v) is 4.34. The van der Waals surface area contributed by atoms with Gasteiger partial charge >= 0.3 is 0 Å². The van der Waals surface area contributed by atoms with Gasteiger partial charge in [-0.15, -0.1) is 0 Å². The molecule has 2 heterocycles. The molecular weight excluding hydrogens is 284 g/mol. The van der Waals surface area contributed by atoms with Crippen molar-refractivity contribution in [1.82, 2.24) is 4.98 Å². The molecule has 0 unspecified atom stereocenters. The number of sulfonamides is 1. The molecule has 0 bridgehead atoms. The summed E-state index contributed by atoms with van der Waals surface area (Å²) in [5, 5.41) is 0. The lowest BCUT2D eigenvalue weighted by Crippen LogP contribution is -2.31. The quantitative estimate of drug-likeness (QED) is 0.872.